The minimum absolute atomic E-state index is 0.139. The minimum atomic E-state index is -0.612. The SMILES string of the molecule is CCC(CC)Oc1c(F)cc(CNC2CC2)cc1F. The predicted octanol–water partition coefficient (Wildman–Crippen LogP) is 3.78. The number of hydrogen-bond donors (Lipinski definition) is 1. The van der Waals surface area contributed by atoms with Crippen LogP contribution in [0.15, 0.2) is 12.1 Å². The van der Waals surface area contributed by atoms with Crippen molar-refractivity contribution in [3.8, 4) is 5.75 Å². The highest BCUT2D eigenvalue weighted by atomic mass is 19.1. The van der Waals surface area contributed by atoms with E-state index in [0.29, 0.717) is 18.2 Å². The Labute approximate surface area is 113 Å². The fourth-order valence-electron chi connectivity index (χ4n) is 2.00. The van der Waals surface area contributed by atoms with E-state index in [2.05, 4.69) is 5.32 Å². The van der Waals surface area contributed by atoms with Gasteiger partial charge in [-0.25, -0.2) is 8.78 Å². The Balaban J connectivity index is 2.06. The summed E-state index contributed by atoms with van der Waals surface area (Å²) >= 11 is 0. The van der Waals surface area contributed by atoms with E-state index in [1.54, 1.807) is 0 Å². The lowest BCUT2D eigenvalue weighted by Gasteiger charge is -2.17. The number of benzene rings is 1. The summed E-state index contributed by atoms with van der Waals surface area (Å²) in [6, 6.07) is 3.23. The molecule has 0 aliphatic heterocycles. The highest BCUT2D eigenvalue weighted by molar-refractivity contribution is 5.31. The highest BCUT2D eigenvalue weighted by Crippen LogP contribution is 2.26. The van der Waals surface area contributed by atoms with E-state index < -0.39 is 11.6 Å². The van der Waals surface area contributed by atoms with Crippen molar-refractivity contribution < 1.29 is 13.5 Å². The van der Waals surface area contributed by atoms with Crippen molar-refractivity contribution in [2.75, 3.05) is 0 Å². The minimum Gasteiger partial charge on any atom is -0.484 e. The molecule has 1 aliphatic carbocycles. The van der Waals surface area contributed by atoms with E-state index in [0.717, 1.165) is 25.7 Å². The Morgan fingerprint density at radius 1 is 1.21 bits per heavy atom. The van der Waals surface area contributed by atoms with Crippen molar-refractivity contribution >= 4 is 0 Å². The van der Waals surface area contributed by atoms with Crippen LogP contribution in [0.1, 0.15) is 45.1 Å². The van der Waals surface area contributed by atoms with Gasteiger partial charge in [-0.05, 0) is 43.4 Å². The second kappa shape index (κ2) is 6.33. The van der Waals surface area contributed by atoms with Crippen LogP contribution < -0.4 is 10.1 Å². The van der Waals surface area contributed by atoms with Crippen LogP contribution in [-0.2, 0) is 6.54 Å². The third-order valence-electron chi connectivity index (χ3n) is 3.43. The summed E-state index contributed by atoms with van der Waals surface area (Å²) in [5.74, 6) is -1.47. The molecule has 0 saturated heterocycles. The van der Waals surface area contributed by atoms with Crippen molar-refractivity contribution in [3.05, 3.63) is 29.3 Å². The number of nitrogens with one attached hydrogen (secondary N) is 1. The van der Waals surface area contributed by atoms with E-state index in [1.807, 2.05) is 13.8 Å². The molecule has 19 heavy (non-hydrogen) atoms. The fraction of sp³-hybridized carbons (Fsp3) is 0.600. The summed E-state index contributed by atoms with van der Waals surface area (Å²) in [4.78, 5) is 0. The monoisotopic (exact) mass is 269 g/mol. The van der Waals surface area contributed by atoms with Crippen LogP contribution in [0, 0.1) is 11.6 Å². The van der Waals surface area contributed by atoms with Crippen LogP contribution in [0.3, 0.4) is 0 Å². The van der Waals surface area contributed by atoms with E-state index in [4.69, 9.17) is 4.74 Å². The second-order valence-corrected chi connectivity index (χ2v) is 5.10. The standard InChI is InChI=1S/C15H21F2NO/c1-3-12(4-2)19-15-13(16)7-10(8-14(15)17)9-18-11-5-6-11/h7-8,11-12,18H,3-6,9H2,1-2H3. The van der Waals surface area contributed by atoms with Crippen LogP contribution >= 0.6 is 0 Å². The number of hydrogen-bond acceptors (Lipinski definition) is 2. The molecule has 1 fully saturated rings. The molecule has 1 aromatic carbocycles. The van der Waals surface area contributed by atoms with Gasteiger partial charge in [-0.15, -0.1) is 0 Å². The van der Waals surface area contributed by atoms with Gasteiger partial charge in [-0.3, -0.25) is 0 Å². The van der Waals surface area contributed by atoms with Gasteiger partial charge < -0.3 is 10.1 Å². The average Bonchev–Trinajstić information content (AvgIpc) is 3.20. The zero-order valence-corrected chi connectivity index (χ0v) is 11.5. The summed E-state index contributed by atoms with van der Waals surface area (Å²) in [6.45, 7) is 4.39. The molecule has 4 heteroatoms. The first kappa shape index (κ1) is 14.3. The quantitative estimate of drug-likeness (QED) is 0.813. The summed E-state index contributed by atoms with van der Waals surface area (Å²) in [7, 11) is 0. The van der Waals surface area contributed by atoms with Gasteiger partial charge in [0.05, 0.1) is 6.10 Å². The molecule has 1 aromatic rings. The number of halogens is 2. The van der Waals surface area contributed by atoms with Crippen molar-refractivity contribution in [3.63, 3.8) is 0 Å². The largest absolute Gasteiger partial charge is 0.484 e. The maximum Gasteiger partial charge on any atom is 0.191 e. The third kappa shape index (κ3) is 3.90. The van der Waals surface area contributed by atoms with Crippen molar-refractivity contribution in [1.29, 1.82) is 0 Å². The van der Waals surface area contributed by atoms with Crippen molar-refractivity contribution in [1.82, 2.24) is 5.32 Å². The maximum absolute atomic E-state index is 13.9. The Morgan fingerprint density at radius 3 is 2.26 bits per heavy atom. The molecule has 1 N–H and O–H groups in total. The Bertz CT molecular complexity index is 405. The molecule has 0 radical (unpaired) electrons. The first-order valence-electron chi connectivity index (χ1n) is 7.02. The molecular weight excluding hydrogens is 248 g/mol. The normalized spacial score (nSPS) is 15.0. The van der Waals surface area contributed by atoms with Crippen LogP contribution in [0.4, 0.5) is 8.78 Å². The van der Waals surface area contributed by atoms with E-state index in [9.17, 15) is 8.78 Å². The topological polar surface area (TPSA) is 21.3 Å². The first-order valence-corrected chi connectivity index (χ1v) is 7.02. The van der Waals surface area contributed by atoms with Gasteiger partial charge in [-0.1, -0.05) is 13.8 Å². The number of ether oxygens (including phenoxy) is 1. The summed E-state index contributed by atoms with van der Waals surface area (Å²) in [6.07, 6.45) is 3.64. The maximum atomic E-state index is 13.9. The van der Waals surface area contributed by atoms with Crippen LogP contribution in [0.25, 0.3) is 0 Å². The smallest absolute Gasteiger partial charge is 0.191 e. The van der Waals surface area contributed by atoms with Crippen LogP contribution in [0.5, 0.6) is 5.75 Å². The molecule has 0 aromatic heterocycles. The molecule has 0 bridgehead atoms. The van der Waals surface area contributed by atoms with Gasteiger partial charge in [0.1, 0.15) is 0 Å². The predicted molar refractivity (Wildman–Crippen MR) is 71.2 cm³/mol. The first-order chi connectivity index (χ1) is 9.13. The highest BCUT2D eigenvalue weighted by Gasteiger charge is 2.21. The molecule has 106 valence electrons. The van der Waals surface area contributed by atoms with Gasteiger partial charge in [0.15, 0.2) is 17.4 Å². The van der Waals surface area contributed by atoms with Crippen LogP contribution in [-0.4, -0.2) is 12.1 Å². The zero-order chi connectivity index (χ0) is 13.8. The lowest BCUT2D eigenvalue weighted by molar-refractivity contribution is 0.175. The van der Waals surface area contributed by atoms with Gasteiger partial charge >= 0.3 is 0 Å². The number of rotatable bonds is 7. The summed E-state index contributed by atoms with van der Waals surface area (Å²) in [5, 5.41) is 3.24. The second-order valence-electron chi connectivity index (χ2n) is 5.10. The van der Waals surface area contributed by atoms with E-state index >= 15 is 0 Å². The lowest BCUT2D eigenvalue weighted by atomic mass is 10.1. The van der Waals surface area contributed by atoms with Crippen LogP contribution in [0.2, 0.25) is 0 Å². The molecule has 0 amide bonds. The Hall–Kier alpha value is -1.16. The molecule has 0 unspecified atom stereocenters. The molecule has 0 heterocycles. The Kier molecular flexibility index (Phi) is 4.75. The zero-order valence-electron chi connectivity index (χ0n) is 11.5. The van der Waals surface area contributed by atoms with Gasteiger partial charge in [-0.2, -0.15) is 0 Å². The molecular formula is C15H21F2NO. The van der Waals surface area contributed by atoms with Gasteiger partial charge in [0, 0.05) is 12.6 Å². The molecule has 1 aliphatic rings. The van der Waals surface area contributed by atoms with Crippen molar-refractivity contribution in [2.24, 2.45) is 0 Å². The summed E-state index contributed by atoms with van der Waals surface area (Å²) in [5.41, 5.74) is 0.624. The van der Waals surface area contributed by atoms with Crippen molar-refractivity contribution in [2.45, 2.75) is 58.2 Å². The summed E-state index contributed by atoms with van der Waals surface area (Å²) < 4.78 is 33.2. The van der Waals surface area contributed by atoms with E-state index in [1.165, 1.54) is 12.1 Å². The fourth-order valence-corrected chi connectivity index (χ4v) is 2.00. The molecule has 0 spiro atoms. The lowest BCUT2D eigenvalue weighted by Crippen LogP contribution is -2.17. The molecule has 2 rings (SSSR count). The molecule has 0 atom stereocenters. The molecule has 1 saturated carbocycles. The van der Waals surface area contributed by atoms with Gasteiger partial charge in [0.25, 0.3) is 0 Å². The van der Waals surface area contributed by atoms with Gasteiger partial charge in [0.2, 0.25) is 0 Å². The average molecular weight is 269 g/mol. The van der Waals surface area contributed by atoms with E-state index in [-0.39, 0.29) is 11.9 Å². The Morgan fingerprint density at radius 2 is 1.79 bits per heavy atom. The molecule has 2 nitrogen and oxygen atoms in total. The third-order valence-corrected chi connectivity index (χ3v) is 3.43.